The molecule has 0 aliphatic rings. The monoisotopic (exact) mass is 998 g/mol. The lowest BCUT2D eigenvalue weighted by atomic mass is 10.0. The van der Waals surface area contributed by atoms with Gasteiger partial charge in [-0.2, -0.15) is 0 Å². The van der Waals surface area contributed by atoms with Crippen LogP contribution in [0.4, 0.5) is 0 Å². The quantitative estimate of drug-likeness (QED) is 0.0321. The molecule has 2 unspecified atom stereocenters. The van der Waals surface area contributed by atoms with Crippen molar-refractivity contribution >= 4 is 11.9 Å². The van der Waals surface area contributed by atoms with Gasteiger partial charge in [-0.15, -0.1) is 0 Å². The van der Waals surface area contributed by atoms with Crippen LogP contribution in [0, 0.1) is 0 Å². The molecule has 0 radical (unpaired) electrons. The van der Waals surface area contributed by atoms with E-state index in [0.29, 0.717) is 25.9 Å². The van der Waals surface area contributed by atoms with E-state index in [1.54, 1.807) is 6.08 Å². The summed E-state index contributed by atoms with van der Waals surface area (Å²) in [7, 11) is 0. The number of allylic oxidation sites excluding steroid dienone is 5. The van der Waals surface area contributed by atoms with Crippen LogP contribution in [0.25, 0.3) is 0 Å². The third kappa shape index (κ3) is 57.2. The SMILES string of the molecule is CCCCCCCCCCCCCCCCCCCCCCCC/C=C/C(O)C(CO)NC(=O)CC/C=C\C/C=C\CCCCCCCCOC(=O)CCCCCCCCCCCCCCCCCCC. The second-order valence-corrected chi connectivity index (χ2v) is 21.7. The van der Waals surface area contributed by atoms with E-state index < -0.39 is 12.1 Å². The van der Waals surface area contributed by atoms with Crippen molar-refractivity contribution in [2.45, 2.75) is 353 Å². The van der Waals surface area contributed by atoms with E-state index in [2.05, 4.69) is 37.4 Å². The molecule has 0 fully saturated rings. The minimum absolute atomic E-state index is 0.0140. The normalized spacial score (nSPS) is 12.8. The van der Waals surface area contributed by atoms with Gasteiger partial charge in [0.15, 0.2) is 0 Å². The molecule has 0 aliphatic heterocycles. The Hall–Kier alpha value is -1.92. The van der Waals surface area contributed by atoms with Crippen LogP contribution in [0.2, 0.25) is 0 Å². The van der Waals surface area contributed by atoms with E-state index >= 15 is 0 Å². The summed E-state index contributed by atoms with van der Waals surface area (Å²) >= 11 is 0. The van der Waals surface area contributed by atoms with Gasteiger partial charge in [0.05, 0.1) is 25.4 Å². The van der Waals surface area contributed by atoms with Crippen molar-refractivity contribution in [2.75, 3.05) is 13.2 Å². The first-order chi connectivity index (χ1) is 35.0. The van der Waals surface area contributed by atoms with Gasteiger partial charge in [-0.05, 0) is 51.4 Å². The Labute approximate surface area is 443 Å². The summed E-state index contributed by atoms with van der Waals surface area (Å²) < 4.78 is 5.48. The van der Waals surface area contributed by atoms with E-state index in [1.165, 1.54) is 257 Å². The number of aliphatic hydroxyl groups is 2. The van der Waals surface area contributed by atoms with Crippen LogP contribution < -0.4 is 5.32 Å². The Morgan fingerprint density at radius 1 is 0.394 bits per heavy atom. The van der Waals surface area contributed by atoms with E-state index in [9.17, 15) is 19.8 Å². The van der Waals surface area contributed by atoms with Gasteiger partial charge in [-0.1, -0.05) is 314 Å². The van der Waals surface area contributed by atoms with Crippen molar-refractivity contribution in [1.82, 2.24) is 5.32 Å². The van der Waals surface area contributed by atoms with Gasteiger partial charge in [-0.25, -0.2) is 0 Å². The molecule has 71 heavy (non-hydrogen) atoms. The number of unbranched alkanes of at least 4 members (excludes halogenated alkanes) is 44. The lowest BCUT2D eigenvalue weighted by Crippen LogP contribution is -2.45. The van der Waals surface area contributed by atoms with Crippen LogP contribution in [0.15, 0.2) is 36.5 Å². The van der Waals surface area contributed by atoms with Gasteiger partial charge in [0.1, 0.15) is 0 Å². The van der Waals surface area contributed by atoms with Gasteiger partial charge in [0, 0.05) is 12.8 Å². The Kier molecular flexibility index (Phi) is 59.0. The number of carbonyl (C=O) groups excluding carboxylic acids is 2. The highest BCUT2D eigenvalue weighted by Crippen LogP contribution is 2.18. The molecule has 0 aromatic rings. The molecular formula is C65H123NO5. The summed E-state index contributed by atoms with van der Waals surface area (Å²) in [5, 5.41) is 23.1. The molecule has 2 atom stereocenters. The highest BCUT2D eigenvalue weighted by Gasteiger charge is 2.17. The number of ether oxygens (including phenoxy) is 1. The Morgan fingerprint density at radius 3 is 1.10 bits per heavy atom. The molecule has 0 saturated heterocycles. The lowest BCUT2D eigenvalue weighted by molar-refractivity contribution is -0.143. The summed E-state index contributed by atoms with van der Waals surface area (Å²) in [5.74, 6) is -0.159. The maximum absolute atomic E-state index is 12.5. The van der Waals surface area contributed by atoms with Crippen LogP contribution >= 0.6 is 0 Å². The number of aliphatic hydroxyl groups excluding tert-OH is 2. The Balaban J connectivity index is 3.54. The molecule has 6 heteroatoms. The molecule has 6 nitrogen and oxygen atoms in total. The number of hydrogen-bond donors (Lipinski definition) is 3. The summed E-state index contributed by atoms with van der Waals surface area (Å²) in [6.45, 7) is 4.87. The van der Waals surface area contributed by atoms with Crippen LogP contribution in [-0.4, -0.2) is 47.4 Å². The molecule has 0 rings (SSSR count). The molecular weight excluding hydrogens is 875 g/mol. The van der Waals surface area contributed by atoms with E-state index in [0.717, 1.165) is 51.4 Å². The highest BCUT2D eigenvalue weighted by molar-refractivity contribution is 5.76. The maximum Gasteiger partial charge on any atom is 0.305 e. The van der Waals surface area contributed by atoms with Crippen LogP contribution in [0.5, 0.6) is 0 Å². The molecule has 418 valence electrons. The standard InChI is InChI=1S/C65H123NO5/c1-3-5-7-9-11-13-15-17-19-21-22-23-24-25-26-27-29-30-33-37-41-45-49-53-57-63(68)62(61-67)66-64(69)58-54-50-46-42-38-34-32-36-40-44-48-52-56-60-71-65(70)59-55-51-47-43-39-35-31-28-20-18-16-14-12-10-8-6-4-2/h34,38,46,50,53,57,62-63,67-68H,3-33,35-37,39-45,47-49,51-52,54-56,58-61H2,1-2H3,(H,66,69)/b38-34-,50-46-,57-53+. The fourth-order valence-electron chi connectivity index (χ4n) is 9.80. The van der Waals surface area contributed by atoms with Crippen molar-refractivity contribution < 1.29 is 24.5 Å². The first-order valence-corrected chi connectivity index (χ1v) is 31.8. The van der Waals surface area contributed by atoms with E-state index in [-0.39, 0.29) is 18.5 Å². The molecule has 1 amide bonds. The Morgan fingerprint density at radius 2 is 0.718 bits per heavy atom. The molecule has 0 spiro atoms. The zero-order chi connectivity index (χ0) is 51.4. The summed E-state index contributed by atoms with van der Waals surface area (Å²) in [5.41, 5.74) is 0. The smallest absolute Gasteiger partial charge is 0.305 e. The molecule has 0 aromatic carbocycles. The third-order valence-electron chi connectivity index (χ3n) is 14.7. The van der Waals surface area contributed by atoms with Gasteiger partial charge >= 0.3 is 5.97 Å². The fourth-order valence-corrected chi connectivity index (χ4v) is 9.80. The van der Waals surface area contributed by atoms with Gasteiger partial charge in [0.2, 0.25) is 5.91 Å². The number of rotatable bonds is 59. The van der Waals surface area contributed by atoms with Crippen LogP contribution in [0.1, 0.15) is 341 Å². The number of nitrogens with one attached hydrogen (secondary N) is 1. The van der Waals surface area contributed by atoms with Crippen molar-refractivity contribution in [3.8, 4) is 0 Å². The van der Waals surface area contributed by atoms with Crippen LogP contribution in [-0.2, 0) is 14.3 Å². The second kappa shape index (κ2) is 60.6. The molecule has 0 heterocycles. The first-order valence-electron chi connectivity index (χ1n) is 31.8. The van der Waals surface area contributed by atoms with Crippen molar-refractivity contribution in [3.63, 3.8) is 0 Å². The third-order valence-corrected chi connectivity index (χ3v) is 14.7. The molecule has 3 N–H and O–H groups in total. The number of amides is 1. The Bertz CT molecular complexity index is 1150. The number of hydrogen-bond acceptors (Lipinski definition) is 5. The topological polar surface area (TPSA) is 95.9 Å². The lowest BCUT2D eigenvalue weighted by Gasteiger charge is -2.19. The van der Waals surface area contributed by atoms with Gasteiger partial charge < -0.3 is 20.3 Å². The summed E-state index contributed by atoms with van der Waals surface area (Å²) in [4.78, 5) is 24.5. The van der Waals surface area contributed by atoms with Gasteiger partial charge in [-0.3, -0.25) is 9.59 Å². The second-order valence-electron chi connectivity index (χ2n) is 21.7. The highest BCUT2D eigenvalue weighted by atomic mass is 16.5. The minimum Gasteiger partial charge on any atom is -0.466 e. The molecule has 0 saturated carbocycles. The molecule has 0 bridgehead atoms. The minimum atomic E-state index is -0.881. The fraction of sp³-hybridized carbons (Fsp3) is 0.877. The van der Waals surface area contributed by atoms with Crippen LogP contribution in [0.3, 0.4) is 0 Å². The molecule has 0 aliphatic carbocycles. The van der Waals surface area contributed by atoms with E-state index in [1.807, 2.05) is 12.2 Å². The number of esters is 1. The predicted octanol–water partition coefficient (Wildman–Crippen LogP) is 20.0. The largest absolute Gasteiger partial charge is 0.466 e. The average molecular weight is 999 g/mol. The van der Waals surface area contributed by atoms with Crippen molar-refractivity contribution in [3.05, 3.63) is 36.5 Å². The maximum atomic E-state index is 12.5. The molecule has 0 aromatic heterocycles. The zero-order valence-corrected chi connectivity index (χ0v) is 47.7. The van der Waals surface area contributed by atoms with Crippen molar-refractivity contribution in [2.24, 2.45) is 0 Å². The first kappa shape index (κ1) is 69.1. The average Bonchev–Trinajstić information content (AvgIpc) is 3.37. The number of carbonyl (C=O) groups is 2. The summed E-state index contributed by atoms with van der Waals surface area (Å²) in [6, 6.07) is -0.673. The van der Waals surface area contributed by atoms with Gasteiger partial charge in [0.25, 0.3) is 0 Å². The summed E-state index contributed by atoms with van der Waals surface area (Å²) in [6.07, 6.45) is 76.3. The van der Waals surface area contributed by atoms with Crippen molar-refractivity contribution in [1.29, 1.82) is 0 Å². The zero-order valence-electron chi connectivity index (χ0n) is 47.7. The predicted molar refractivity (Wildman–Crippen MR) is 310 cm³/mol. The van der Waals surface area contributed by atoms with E-state index in [4.69, 9.17) is 4.74 Å².